The Balaban J connectivity index is 1.10. The van der Waals surface area contributed by atoms with Crippen LogP contribution in [-0.4, -0.2) is 18.3 Å². The third-order valence-corrected chi connectivity index (χ3v) is 15.0. The molecule has 5 heteroatoms. The quantitative estimate of drug-likeness (QED) is 0.164. The zero-order chi connectivity index (χ0) is 47.4. The Morgan fingerprint density at radius 1 is 0.264 bits per heavy atom. The van der Waals surface area contributed by atoms with Crippen LogP contribution < -0.4 is 0 Å². The molecule has 0 atom stereocenters. The van der Waals surface area contributed by atoms with E-state index in [2.05, 4.69) is 273 Å². The third kappa shape index (κ3) is 5.69. The van der Waals surface area contributed by atoms with Crippen LogP contribution in [0.3, 0.4) is 0 Å². The maximum Gasteiger partial charge on any atom is 0.104 e. The Kier molecular flexibility index (Phi) is 8.66. The zero-order valence-corrected chi connectivity index (χ0v) is 38.9. The van der Waals surface area contributed by atoms with E-state index < -0.39 is 0 Å². The summed E-state index contributed by atoms with van der Waals surface area (Å²) in [5, 5.41) is 21.2. The molecule has 0 fully saturated rings. The highest BCUT2D eigenvalue weighted by atomic mass is 15.0. The minimum absolute atomic E-state index is 0.579. The van der Waals surface area contributed by atoms with Crippen molar-refractivity contribution in [2.75, 3.05) is 0 Å². The van der Waals surface area contributed by atoms with Gasteiger partial charge in [-0.3, -0.25) is 0 Å². The summed E-state index contributed by atoms with van der Waals surface area (Å²) < 4.78 is 9.53. The van der Waals surface area contributed by atoms with Gasteiger partial charge in [0, 0.05) is 54.5 Å². The van der Waals surface area contributed by atoms with Gasteiger partial charge in [-0.25, -0.2) is 0 Å². The van der Waals surface area contributed by atoms with Crippen LogP contribution in [-0.2, 0) is 0 Å². The van der Waals surface area contributed by atoms with Gasteiger partial charge in [-0.15, -0.1) is 0 Å². The minimum Gasteiger partial charge on any atom is -0.309 e. The first-order valence-electron chi connectivity index (χ1n) is 24.5. The van der Waals surface area contributed by atoms with E-state index in [1.807, 2.05) is 0 Å². The van der Waals surface area contributed by atoms with E-state index >= 15 is 0 Å². The van der Waals surface area contributed by atoms with Crippen LogP contribution in [0.15, 0.2) is 249 Å². The van der Waals surface area contributed by atoms with E-state index in [1.54, 1.807) is 0 Å². The highest BCUT2D eigenvalue weighted by molar-refractivity contribution is 6.28. The van der Waals surface area contributed by atoms with Gasteiger partial charge >= 0.3 is 0 Å². The second kappa shape index (κ2) is 15.6. The normalized spacial score (nSPS) is 11.9. The molecular formula is C67H41N5. The van der Waals surface area contributed by atoms with Gasteiger partial charge in [-0.05, 0) is 101 Å². The molecule has 11 aromatic carbocycles. The monoisotopic (exact) mass is 915 g/mol. The van der Waals surface area contributed by atoms with Crippen molar-refractivity contribution in [1.29, 1.82) is 5.26 Å². The summed E-state index contributed by atoms with van der Waals surface area (Å²) in [4.78, 5) is 0. The molecule has 334 valence electrons. The second-order valence-electron chi connectivity index (χ2n) is 18.7. The van der Waals surface area contributed by atoms with Crippen LogP contribution in [0, 0.1) is 11.3 Å². The lowest BCUT2D eigenvalue weighted by Gasteiger charge is -2.19. The predicted octanol–water partition coefficient (Wildman–Crippen LogP) is 17.3. The van der Waals surface area contributed by atoms with Crippen LogP contribution in [0.5, 0.6) is 0 Å². The number of nitrogens with zero attached hydrogens (tertiary/aromatic N) is 5. The van der Waals surface area contributed by atoms with Gasteiger partial charge < -0.3 is 18.3 Å². The molecule has 0 aliphatic carbocycles. The fourth-order valence-electron chi connectivity index (χ4n) is 12.0. The molecule has 72 heavy (non-hydrogen) atoms. The maximum absolute atomic E-state index is 12.0. The molecule has 0 saturated heterocycles. The van der Waals surface area contributed by atoms with Crippen LogP contribution in [0.25, 0.3) is 132 Å². The van der Waals surface area contributed by atoms with Crippen molar-refractivity contribution in [2.24, 2.45) is 0 Å². The Morgan fingerprint density at radius 2 is 0.639 bits per heavy atom. The molecule has 0 saturated carbocycles. The molecule has 0 unspecified atom stereocenters. The fraction of sp³-hybridized carbons (Fsp3) is 0. The van der Waals surface area contributed by atoms with Gasteiger partial charge in [-0.1, -0.05) is 170 Å². The van der Waals surface area contributed by atoms with Crippen LogP contribution in [0.2, 0.25) is 0 Å². The number of aromatic nitrogens is 4. The summed E-state index contributed by atoms with van der Waals surface area (Å²) in [6.45, 7) is 0. The Morgan fingerprint density at radius 3 is 1.10 bits per heavy atom. The molecule has 0 spiro atoms. The number of para-hydroxylation sites is 6. The number of fused-ring (bicyclic) bond motifs is 14. The molecule has 0 aliphatic heterocycles. The molecule has 0 N–H and O–H groups in total. The third-order valence-electron chi connectivity index (χ3n) is 15.0. The number of hydrogen-bond donors (Lipinski definition) is 0. The number of rotatable bonds is 6. The maximum atomic E-state index is 12.0. The first-order valence-corrected chi connectivity index (χ1v) is 24.5. The molecule has 0 aliphatic rings. The summed E-state index contributed by atoms with van der Waals surface area (Å²) in [5.74, 6) is 0. The fourth-order valence-corrected chi connectivity index (χ4v) is 12.0. The van der Waals surface area contributed by atoms with Crippen molar-refractivity contribution in [2.45, 2.75) is 0 Å². The van der Waals surface area contributed by atoms with E-state index in [1.165, 1.54) is 21.5 Å². The summed E-state index contributed by atoms with van der Waals surface area (Å²) >= 11 is 0. The molecule has 0 bridgehead atoms. The van der Waals surface area contributed by atoms with E-state index in [9.17, 15) is 5.26 Å². The lowest BCUT2D eigenvalue weighted by molar-refractivity contribution is 1.12. The van der Waals surface area contributed by atoms with Crippen LogP contribution in [0.4, 0.5) is 0 Å². The molecule has 15 rings (SSSR count). The number of benzene rings is 11. The van der Waals surface area contributed by atoms with Crippen molar-refractivity contribution in [3.63, 3.8) is 0 Å². The van der Waals surface area contributed by atoms with Crippen molar-refractivity contribution < 1.29 is 0 Å². The number of hydrogen-bond acceptors (Lipinski definition) is 1. The summed E-state index contributed by atoms with van der Waals surface area (Å²) in [7, 11) is 0. The first-order chi connectivity index (χ1) is 35.7. The topological polar surface area (TPSA) is 43.5 Å². The standard InChI is InChI=1S/C67H41N5/c68-42-55-62(71-58-33-16-12-29-53(58)64-60(71)37-35-51-49-27-10-14-31-56(49)69(66(51)64)47-23-6-2-7-24-47)40-46(45-22-18-21-44(39-45)43-19-4-1-5-20-43)41-63(55)72-59-34-17-13-30-54(59)65-61(72)38-36-52-50-28-11-15-32-57(50)70(67(52)65)48-25-8-3-9-26-48/h1-41H. The Labute approximate surface area is 414 Å². The molecule has 4 heterocycles. The molecule has 4 aromatic heterocycles. The van der Waals surface area contributed by atoms with Gasteiger partial charge in [0.2, 0.25) is 0 Å². The van der Waals surface area contributed by atoms with Crippen LogP contribution in [0.1, 0.15) is 5.56 Å². The summed E-state index contributed by atoms with van der Waals surface area (Å²) in [5.41, 5.74) is 17.4. The van der Waals surface area contributed by atoms with E-state index in [0.717, 1.165) is 111 Å². The molecule has 0 amide bonds. The van der Waals surface area contributed by atoms with Crippen molar-refractivity contribution >= 4 is 87.2 Å². The largest absolute Gasteiger partial charge is 0.309 e. The van der Waals surface area contributed by atoms with Gasteiger partial charge in [0.25, 0.3) is 0 Å². The average molecular weight is 916 g/mol. The molecule has 15 aromatic rings. The van der Waals surface area contributed by atoms with E-state index in [4.69, 9.17) is 0 Å². The average Bonchev–Trinajstić information content (AvgIpc) is 4.18. The lowest BCUT2D eigenvalue weighted by atomic mass is 9.96. The van der Waals surface area contributed by atoms with Crippen molar-refractivity contribution in [3.8, 4) is 51.1 Å². The Bertz CT molecular complexity index is 4480. The number of nitriles is 1. The molecular weight excluding hydrogens is 875 g/mol. The SMILES string of the molecule is N#Cc1c(-n2c3ccccc3c3c2ccc2c4ccccc4n(-c4ccccc4)c23)cc(-c2cccc(-c3ccccc3)c2)cc1-n1c2ccccc2c2c1ccc1c3ccccc3n(-c3ccccc3)c12. The van der Waals surface area contributed by atoms with Gasteiger partial charge in [0.1, 0.15) is 11.6 Å². The van der Waals surface area contributed by atoms with E-state index in [0.29, 0.717) is 5.56 Å². The smallest absolute Gasteiger partial charge is 0.104 e. The first kappa shape index (κ1) is 40.0. The lowest BCUT2D eigenvalue weighted by Crippen LogP contribution is -2.05. The zero-order valence-electron chi connectivity index (χ0n) is 38.9. The predicted molar refractivity (Wildman–Crippen MR) is 299 cm³/mol. The van der Waals surface area contributed by atoms with Crippen LogP contribution >= 0.6 is 0 Å². The van der Waals surface area contributed by atoms with Gasteiger partial charge in [0.05, 0.1) is 55.5 Å². The molecule has 0 radical (unpaired) electrons. The summed E-state index contributed by atoms with van der Waals surface area (Å²) in [6, 6.07) is 92.0. The van der Waals surface area contributed by atoms with Gasteiger partial charge in [0.15, 0.2) is 0 Å². The minimum atomic E-state index is 0.579. The highest BCUT2D eigenvalue weighted by Crippen LogP contribution is 2.46. The van der Waals surface area contributed by atoms with Crippen molar-refractivity contribution in [1.82, 2.24) is 18.3 Å². The van der Waals surface area contributed by atoms with Crippen molar-refractivity contribution in [3.05, 3.63) is 254 Å². The molecule has 5 nitrogen and oxygen atoms in total. The summed E-state index contributed by atoms with van der Waals surface area (Å²) in [6.07, 6.45) is 0. The Hall–Kier alpha value is -9.89. The van der Waals surface area contributed by atoms with E-state index in [-0.39, 0.29) is 0 Å². The second-order valence-corrected chi connectivity index (χ2v) is 18.7. The van der Waals surface area contributed by atoms with Gasteiger partial charge in [-0.2, -0.15) is 5.26 Å². The highest BCUT2D eigenvalue weighted by Gasteiger charge is 2.27.